The molecule has 0 spiro atoms. The van der Waals surface area contributed by atoms with E-state index in [1.165, 1.54) is 0 Å². The van der Waals surface area contributed by atoms with Crippen molar-refractivity contribution in [2.45, 2.75) is 58.4 Å². The van der Waals surface area contributed by atoms with Crippen LogP contribution in [0.1, 0.15) is 48.8 Å². The van der Waals surface area contributed by atoms with Gasteiger partial charge < -0.3 is 10.0 Å². The average molecular weight is 303 g/mol. The number of aryl methyl sites for hydroxylation is 2. The van der Waals surface area contributed by atoms with Crippen molar-refractivity contribution in [1.82, 2.24) is 4.90 Å². The van der Waals surface area contributed by atoms with Crippen molar-refractivity contribution >= 4 is 11.9 Å². The van der Waals surface area contributed by atoms with Gasteiger partial charge in [0.1, 0.15) is 0 Å². The second-order valence-corrected chi connectivity index (χ2v) is 6.22. The molecule has 1 heterocycles. The summed E-state index contributed by atoms with van der Waals surface area (Å²) in [5, 5.41) is 8.87. The van der Waals surface area contributed by atoms with Gasteiger partial charge in [0.2, 0.25) is 5.91 Å². The SMILES string of the molecule is Cc1cccc(C)c1CC(=O)N1CCCCC1CCC(=O)O. The zero-order chi connectivity index (χ0) is 16.1. The normalized spacial score (nSPS) is 18.3. The molecule has 1 saturated heterocycles. The Morgan fingerprint density at radius 1 is 1.23 bits per heavy atom. The Labute approximate surface area is 132 Å². The van der Waals surface area contributed by atoms with Gasteiger partial charge in [-0.05, 0) is 56.2 Å². The first-order valence-electron chi connectivity index (χ1n) is 8.05. The largest absolute Gasteiger partial charge is 0.481 e. The Balaban J connectivity index is 2.07. The lowest BCUT2D eigenvalue weighted by atomic mass is 9.95. The van der Waals surface area contributed by atoms with Gasteiger partial charge in [-0.1, -0.05) is 18.2 Å². The molecule has 0 radical (unpaired) electrons. The molecule has 22 heavy (non-hydrogen) atoms. The predicted molar refractivity (Wildman–Crippen MR) is 85.8 cm³/mol. The quantitative estimate of drug-likeness (QED) is 0.909. The minimum absolute atomic E-state index is 0.0849. The van der Waals surface area contributed by atoms with Crippen molar-refractivity contribution in [3.8, 4) is 0 Å². The van der Waals surface area contributed by atoms with E-state index in [2.05, 4.69) is 0 Å². The Bertz CT molecular complexity index is 533. The van der Waals surface area contributed by atoms with E-state index >= 15 is 0 Å². The van der Waals surface area contributed by atoms with E-state index in [0.717, 1.165) is 42.5 Å². The van der Waals surface area contributed by atoms with Gasteiger partial charge in [0, 0.05) is 19.0 Å². The number of hydrogen-bond donors (Lipinski definition) is 1. The summed E-state index contributed by atoms with van der Waals surface area (Å²) in [4.78, 5) is 25.4. The second kappa shape index (κ2) is 7.43. The summed E-state index contributed by atoms with van der Waals surface area (Å²) >= 11 is 0. The Morgan fingerprint density at radius 3 is 2.55 bits per heavy atom. The number of hydrogen-bond acceptors (Lipinski definition) is 2. The van der Waals surface area contributed by atoms with Gasteiger partial charge in [-0.2, -0.15) is 0 Å². The van der Waals surface area contributed by atoms with Crippen LogP contribution in [0.2, 0.25) is 0 Å². The van der Waals surface area contributed by atoms with E-state index in [1.807, 2.05) is 36.9 Å². The van der Waals surface area contributed by atoms with Crippen LogP contribution in [0.15, 0.2) is 18.2 Å². The fourth-order valence-electron chi connectivity index (χ4n) is 3.30. The number of amides is 1. The number of likely N-dealkylation sites (tertiary alicyclic amines) is 1. The van der Waals surface area contributed by atoms with Crippen molar-refractivity contribution in [1.29, 1.82) is 0 Å². The molecule has 1 aromatic carbocycles. The summed E-state index contributed by atoms with van der Waals surface area (Å²) in [6, 6.07) is 6.16. The molecule has 1 N–H and O–H groups in total. The summed E-state index contributed by atoms with van der Waals surface area (Å²) < 4.78 is 0. The molecule has 1 amide bonds. The van der Waals surface area contributed by atoms with Gasteiger partial charge in [0.25, 0.3) is 0 Å². The average Bonchev–Trinajstić information content (AvgIpc) is 2.49. The number of nitrogens with zero attached hydrogens (tertiary/aromatic N) is 1. The number of carbonyl (C=O) groups excluding carboxylic acids is 1. The molecule has 4 nitrogen and oxygen atoms in total. The third-order valence-electron chi connectivity index (χ3n) is 4.61. The fraction of sp³-hybridized carbons (Fsp3) is 0.556. The van der Waals surface area contributed by atoms with E-state index in [4.69, 9.17) is 5.11 Å². The van der Waals surface area contributed by atoms with Gasteiger partial charge in [-0.3, -0.25) is 9.59 Å². The third-order valence-corrected chi connectivity index (χ3v) is 4.61. The monoisotopic (exact) mass is 303 g/mol. The molecule has 1 aliphatic rings. The van der Waals surface area contributed by atoms with Crippen LogP contribution in [0.4, 0.5) is 0 Å². The van der Waals surface area contributed by atoms with E-state index in [-0.39, 0.29) is 18.4 Å². The molecule has 0 aromatic heterocycles. The van der Waals surface area contributed by atoms with Gasteiger partial charge in [0.05, 0.1) is 6.42 Å². The first kappa shape index (κ1) is 16.5. The van der Waals surface area contributed by atoms with Crippen LogP contribution in [0.3, 0.4) is 0 Å². The molecule has 0 saturated carbocycles. The van der Waals surface area contributed by atoms with Gasteiger partial charge in [0.15, 0.2) is 0 Å². The fourth-order valence-corrected chi connectivity index (χ4v) is 3.30. The highest BCUT2D eigenvalue weighted by molar-refractivity contribution is 5.80. The number of aliphatic carboxylic acids is 1. The Kier molecular flexibility index (Phi) is 5.58. The molecular formula is C18H25NO3. The zero-order valence-electron chi connectivity index (χ0n) is 13.5. The predicted octanol–water partition coefficient (Wildman–Crippen LogP) is 3.09. The minimum atomic E-state index is -0.785. The second-order valence-electron chi connectivity index (χ2n) is 6.22. The maximum Gasteiger partial charge on any atom is 0.303 e. The van der Waals surface area contributed by atoms with E-state index in [9.17, 15) is 9.59 Å². The molecule has 0 aliphatic carbocycles. The van der Waals surface area contributed by atoms with Crippen molar-refractivity contribution in [3.63, 3.8) is 0 Å². The highest BCUT2D eigenvalue weighted by atomic mass is 16.4. The van der Waals surface area contributed by atoms with Crippen molar-refractivity contribution < 1.29 is 14.7 Å². The highest BCUT2D eigenvalue weighted by Crippen LogP contribution is 2.23. The van der Waals surface area contributed by atoms with Crippen LogP contribution < -0.4 is 0 Å². The number of piperidine rings is 1. The van der Waals surface area contributed by atoms with Crippen molar-refractivity contribution in [2.75, 3.05) is 6.54 Å². The Morgan fingerprint density at radius 2 is 1.91 bits per heavy atom. The lowest BCUT2D eigenvalue weighted by molar-refractivity contribution is -0.139. The highest BCUT2D eigenvalue weighted by Gasteiger charge is 2.27. The molecule has 1 aliphatic heterocycles. The van der Waals surface area contributed by atoms with Gasteiger partial charge >= 0.3 is 5.97 Å². The molecule has 1 fully saturated rings. The first-order chi connectivity index (χ1) is 10.5. The standard InChI is InChI=1S/C18H25NO3/c1-13-6-5-7-14(2)16(13)12-17(20)19-11-4-3-8-15(19)9-10-18(21)22/h5-7,15H,3-4,8-12H2,1-2H3,(H,21,22). The lowest BCUT2D eigenvalue weighted by Gasteiger charge is -2.36. The van der Waals surface area contributed by atoms with Gasteiger partial charge in [-0.15, -0.1) is 0 Å². The van der Waals surface area contributed by atoms with E-state index in [0.29, 0.717) is 12.8 Å². The summed E-state index contributed by atoms with van der Waals surface area (Å²) in [7, 11) is 0. The molecule has 4 heteroatoms. The summed E-state index contributed by atoms with van der Waals surface area (Å²) in [5.41, 5.74) is 3.40. The van der Waals surface area contributed by atoms with E-state index in [1.54, 1.807) is 0 Å². The molecule has 1 atom stereocenters. The number of benzene rings is 1. The Hall–Kier alpha value is -1.84. The first-order valence-corrected chi connectivity index (χ1v) is 8.05. The van der Waals surface area contributed by atoms with Crippen LogP contribution in [0, 0.1) is 13.8 Å². The van der Waals surface area contributed by atoms with Crippen LogP contribution in [0.5, 0.6) is 0 Å². The van der Waals surface area contributed by atoms with Crippen LogP contribution in [0.25, 0.3) is 0 Å². The molecule has 0 bridgehead atoms. The maximum absolute atomic E-state index is 12.7. The topological polar surface area (TPSA) is 57.6 Å². The van der Waals surface area contributed by atoms with Gasteiger partial charge in [-0.25, -0.2) is 0 Å². The summed E-state index contributed by atoms with van der Waals surface area (Å²) in [5.74, 6) is -0.653. The number of carbonyl (C=O) groups is 2. The zero-order valence-corrected chi connectivity index (χ0v) is 13.5. The molecule has 120 valence electrons. The van der Waals surface area contributed by atoms with Crippen molar-refractivity contribution in [3.05, 3.63) is 34.9 Å². The number of carboxylic acid groups (broad SMARTS) is 1. The van der Waals surface area contributed by atoms with Crippen molar-refractivity contribution in [2.24, 2.45) is 0 Å². The lowest BCUT2D eigenvalue weighted by Crippen LogP contribution is -2.44. The summed E-state index contributed by atoms with van der Waals surface area (Å²) in [6.07, 6.45) is 4.14. The number of rotatable bonds is 5. The van der Waals surface area contributed by atoms with Crippen LogP contribution in [-0.4, -0.2) is 34.5 Å². The molecule has 1 aromatic rings. The van der Waals surface area contributed by atoms with Crippen LogP contribution >= 0.6 is 0 Å². The number of carboxylic acids is 1. The third kappa shape index (κ3) is 4.09. The van der Waals surface area contributed by atoms with Crippen LogP contribution in [-0.2, 0) is 16.0 Å². The molecule has 1 unspecified atom stereocenters. The molecular weight excluding hydrogens is 278 g/mol. The maximum atomic E-state index is 12.7. The summed E-state index contributed by atoms with van der Waals surface area (Å²) in [6.45, 7) is 4.83. The minimum Gasteiger partial charge on any atom is -0.481 e. The smallest absolute Gasteiger partial charge is 0.303 e. The van der Waals surface area contributed by atoms with E-state index < -0.39 is 5.97 Å². The molecule has 2 rings (SSSR count).